The van der Waals surface area contributed by atoms with Crippen LogP contribution in [0.4, 0.5) is 4.39 Å². The smallest absolute Gasteiger partial charge is 0.232 e. The molecule has 0 N–H and O–H groups in total. The van der Waals surface area contributed by atoms with Crippen molar-refractivity contribution in [3.05, 3.63) is 65.0 Å². The summed E-state index contributed by atoms with van der Waals surface area (Å²) >= 11 is 1.51. The zero-order valence-electron chi connectivity index (χ0n) is 16.6. The summed E-state index contributed by atoms with van der Waals surface area (Å²) in [5.74, 6) is 1.46. The average Bonchev–Trinajstić information content (AvgIpc) is 2.74. The number of hydrogen-bond acceptors (Lipinski definition) is 4. The number of carbonyl (C=O) groups excluding carboxylic acids is 1. The van der Waals surface area contributed by atoms with Crippen LogP contribution in [0.2, 0.25) is 0 Å². The molecule has 0 aromatic heterocycles. The zero-order valence-corrected chi connectivity index (χ0v) is 17.4. The van der Waals surface area contributed by atoms with E-state index in [0.717, 1.165) is 30.5 Å². The number of fused-ring (bicyclic) bond motifs is 1. The molecule has 2 aliphatic rings. The van der Waals surface area contributed by atoms with Crippen LogP contribution in [-0.2, 0) is 21.9 Å². The van der Waals surface area contributed by atoms with E-state index < -0.39 is 6.29 Å². The Labute approximate surface area is 175 Å². The molecular formula is C23H26FNO3S. The Morgan fingerprint density at radius 2 is 2.07 bits per heavy atom. The van der Waals surface area contributed by atoms with Gasteiger partial charge in [-0.15, -0.1) is 11.8 Å². The molecule has 1 saturated heterocycles. The predicted octanol–water partition coefficient (Wildman–Crippen LogP) is 5.07. The lowest BCUT2D eigenvalue weighted by atomic mass is 10.0. The quantitative estimate of drug-likeness (QED) is 0.684. The van der Waals surface area contributed by atoms with Crippen LogP contribution in [-0.4, -0.2) is 29.1 Å². The van der Waals surface area contributed by atoms with Gasteiger partial charge in [-0.25, -0.2) is 4.39 Å². The van der Waals surface area contributed by atoms with Gasteiger partial charge in [0.1, 0.15) is 11.6 Å². The molecule has 4 rings (SSSR count). The molecule has 2 atom stereocenters. The summed E-state index contributed by atoms with van der Waals surface area (Å²) in [6, 6.07) is 13.0. The standard InChI is InChI=1S/C23H26FNO3S/c1-16-7-5-6-10-25(16)21(26)15-29-14-19-12-20(24)11-18-13-27-23(28-22(18)19)17-8-3-2-4-9-17/h2-4,8-9,11-12,16,23H,5-7,10,13-15H2,1H3/t16-,23-/m1/s1. The number of nitrogens with zero attached hydrogens (tertiary/aromatic N) is 1. The van der Waals surface area contributed by atoms with E-state index in [9.17, 15) is 9.18 Å². The maximum absolute atomic E-state index is 14.1. The van der Waals surface area contributed by atoms with Gasteiger partial charge in [-0.3, -0.25) is 4.79 Å². The molecule has 0 aliphatic carbocycles. The van der Waals surface area contributed by atoms with E-state index >= 15 is 0 Å². The Kier molecular flexibility index (Phi) is 6.40. The number of amides is 1. The summed E-state index contributed by atoms with van der Waals surface area (Å²) in [7, 11) is 0. The van der Waals surface area contributed by atoms with Crippen molar-refractivity contribution in [1.82, 2.24) is 4.90 Å². The molecule has 0 saturated carbocycles. The number of benzene rings is 2. The molecule has 0 spiro atoms. The zero-order chi connectivity index (χ0) is 20.2. The van der Waals surface area contributed by atoms with Crippen molar-refractivity contribution >= 4 is 17.7 Å². The first-order valence-corrected chi connectivity index (χ1v) is 11.3. The third-order valence-electron chi connectivity index (χ3n) is 5.50. The topological polar surface area (TPSA) is 38.8 Å². The lowest BCUT2D eigenvalue weighted by Gasteiger charge is -2.33. The SMILES string of the molecule is C[C@@H]1CCCCN1C(=O)CSCc1cc(F)cc2c1O[C@H](c1ccccc1)OC2. The third-order valence-corrected chi connectivity index (χ3v) is 6.47. The lowest BCUT2D eigenvalue weighted by Crippen LogP contribution is -2.42. The molecule has 2 aromatic carbocycles. The highest BCUT2D eigenvalue weighted by molar-refractivity contribution is 7.99. The molecule has 29 heavy (non-hydrogen) atoms. The molecule has 0 radical (unpaired) electrons. The van der Waals surface area contributed by atoms with Crippen LogP contribution in [0.25, 0.3) is 0 Å². The Balaban J connectivity index is 1.43. The van der Waals surface area contributed by atoms with E-state index in [2.05, 4.69) is 6.92 Å². The van der Waals surface area contributed by atoms with Gasteiger partial charge in [-0.05, 0) is 38.3 Å². The number of hydrogen-bond donors (Lipinski definition) is 0. The summed E-state index contributed by atoms with van der Waals surface area (Å²) in [5.41, 5.74) is 2.41. The second-order valence-electron chi connectivity index (χ2n) is 7.65. The number of likely N-dealkylation sites (tertiary alicyclic amines) is 1. The highest BCUT2D eigenvalue weighted by Crippen LogP contribution is 2.38. The Hall–Kier alpha value is -2.05. The molecule has 2 heterocycles. The van der Waals surface area contributed by atoms with Gasteiger partial charge >= 0.3 is 0 Å². The van der Waals surface area contributed by atoms with Crippen molar-refractivity contribution in [2.75, 3.05) is 12.3 Å². The number of piperidine rings is 1. The Morgan fingerprint density at radius 1 is 1.24 bits per heavy atom. The number of thioether (sulfide) groups is 1. The van der Waals surface area contributed by atoms with Crippen LogP contribution in [0.5, 0.6) is 5.75 Å². The number of rotatable bonds is 5. The molecule has 0 unspecified atom stereocenters. The molecule has 1 amide bonds. The van der Waals surface area contributed by atoms with Gasteiger partial charge in [0.05, 0.1) is 12.4 Å². The second-order valence-corrected chi connectivity index (χ2v) is 8.63. The fourth-order valence-corrected chi connectivity index (χ4v) is 4.84. The van der Waals surface area contributed by atoms with Crippen LogP contribution in [0, 0.1) is 5.82 Å². The number of carbonyl (C=O) groups is 1. The normalized spacial score (nSPS) is 21.4. The van der Waals surface area contributed by atoms with Crippen LogP contribution < -0.4 is 4.74 Å². The van der Waals surface area contributed by atoms with Crippen molar-refractivity contribution in [1.29, 1.82) is 0 Å². The highest BCUT2D eigenvalue weighted by Gasteiger charge is 2.26. The van der Waals surface area contributed by atoms with E-state index in [1.165, 1.54) is 30.3 Å². The Morgan fingerprint density at radius 3 is 2.86 bits per heavy atom. The first-order chi connectivity index (χ1) is 14.1. The minimum atomic E-state index is -0.506. The second kappa shape index (κ2) is 9.18. The van der Waals surface area contributed by atoms with Crippen LogP contribution >= 0.6 is 11.8 Å². The molecule has 2 aliphatic heterocycles. The van der Waals surface area contributed by atoms with Gasteiger partial charge in [0.15, 0.2) is 0 Å². The van der Waals surface area contributed by atoms with Gasteiger partial charge in [0.2, 0.25) is 12.2 Å². The number of halogens is 1. The van der Waals surface area contributed by atoms with Crippen LogP contribution in [0.15, 0.2) is 42.5 Å². The molecule has 6 heteroatoms. The van der Waals surface area contributed by atoms with Gasteiger partial charge in [0.25, 0.3) is 0 Å². The fourth-order valence-electron chi connectivity index (χ4n) is 3.96. The van der Waals surface area contributed by atoms with E-state index in [4.69, 9.17) is 9.47 Å². The predicted molar refractivity (Wildman–Crippen MR) is 112 cm³/mol. The summed E-state index contributed by atoms with van der Waals surface area (Å²) in [6.07, 6.45) is 2.83. The first-order valence-electron chi connectivity index (χ1n) is 10.1. The van der Waals surface area contributed by atoms with Gasteiger partial charge in [0, 0.05) is 35.0 Å². The molecule has 0 bridgehead atoms. The minimum absolute atomic E-state index is 0.166. The van der Waals surface area contributed by atoms with Crippen molar-refractivity contribution in [3.63, 3.8) is 0 Å². The van der Waals surface area contributed by atoms with Crippen molar-refractivity contribution in [3.8, 4) is 5.75 Å². The van der Waals surface area contributed by atoms with Gasteiger partial charge < -0.3 is 14.4 Å². The van der Waals surface area contributed by atoms with Gasteiger partial charge in [-0.1, -0.05) is 30.3 Å². The molecule has 2 aromatic rings. The number of ether oxygens (including phenoxy) is 2. The Bertz CT molecular complexity index is 861. The fraction of sp³-hybridized carbons (Fsp3) is 0.435. The largest absolute Gasteiger partial charge is 0.460 e. The van der Waals surface area contributed by atoms with E-state index in [-0.39, 0.29) is 11.7 Å². The summed E-state index contributed by atoms with van der Waals surface area (Å²) in [4.78, 5) is 14.6. The average molecular weight is 416 g/mol. The van der Waals surface area contributed by atoms with E-state index in [1.807, 2.05) is 35.2 Å². The molecular weight excluding hydrogens is 389 g/mol. The molecule has 1 fully saturated rings. The van der Waals surface area contributed by atoms with Crippen molar-refractivity contribution in [2.24, 2.45) is 0 Å². The van der Waals surface area contributed by atoms with Crippen molar-refractivity contribution in [2.45, 2.75) is 50.9 Å². The highest BCUT2D eigenvalue weighted by atomic mass is 32.2. The summed E-state index contributed by atoms with van der Waals surface area (Å²) in [6.45, 7) is 3.26. The maximum Gasteiger partial charge on any atom is 0.232 e. The minimum Gasteiger partial charge on any atom is -0.460 e. The summed E-state index contributed by atoms with van der Waals surface area (Å²) < 4.78 is 26.0. The molecule has 154 valence electrons. The van der Waals surface area contributed by atoms with E-state index in [0.29, 0.717) is 35.5 Å². The maximum atomic E-state index is 14.1. The summed E-state index contributed by atoms with van der Waals surface area (Å²) in [5, 5.41) is 0. The first kappa shape index (κ1) is 20.2. The van der Waals surface area contributed by atoms with Crippen molar-refractivity contribution < 1.29 is 18.7 Å². The lowest BCUT2D eigenvalue weighted by molar-refractivity contribution is -0.131. The third kappa shape index (κ3) is 4.75. The molecule has 4 nitrogen and oxygen atoms in total. The van der Waals surface area contributed by atoms with Gasteiger partial charge in [-0.2, -0.15) is 0 Å². The van der Waals surface area contributed by atoms with E-state index in [1.54, 1.807) is 0 Å². The van der Waals surface area contributed by atoms with Crippen LogP contribution in [0.3, 0.4) is 0 Å². The monoisotopic (exact) mass is 415 g/mol. The van der Waals surface area contributed by atoms with Crippen LogP contribution in [0.1, 0.15) is 49.2 Å².